The zero-order valence-corrected chi connectivity index (χ0v) is 43.3. The Balaban J connectivity index is 0.921. The van der Waals surface area contributed by atoms with Crippen molar-refractivity contribution in [3.05, 3.63) is 58.1 Å². The van der Waals surface area contributed by atoms with E-state index in [0.29, 0.717) is 13.0 Å². The van der Waals surface area contributed by atoms with Crippen molar-refractivity contribution in [3.8, 4) is 0 Å². The first-order valence-electron chi connectivity index (χ1n) is 31.3. The van der Waals surface area contributed by atoms with Crippen molar-refractivity contribution >= 4 is 297 Å². The Morgan fingerprint density at radius 3 is 0.790 bits per heavy atom. The molecule has 1 fully saturated rings. The van der Waals surface area contributed by atoms with Gasteiger partial charge in [0.05, 0.1) is 6.61 Å². The van der Waals surface area contributed by atoms with Crippen LogP contribution in [-0.2, 0) is 25.8 Å². The van der Waals surface area contributed by atoms with Crippen molar-refractivity contribution in [1.29, 1.82) is 0 Å². The molecule has 0 aliphatic heterocycles. The maximum absolute atomic E-state index is 14.4. The summed E-state index contributed by atoms with van der Waals surface area (Å²) in [5.41, 5.74) is 7.37. The van der Waals surface area contributed by atoms with Crippen LogP contribution in [0, 0.1) is 0 Å². The van der Waals surface area contributed by atoms with Gasteiger partial charge in [-0.25, -0.2) is 0 Å². The van der Waals surface area contributed by atoms with Gasteiger partial charge in [0.25, 0.3) is 0 Å². The first-order valence-corrected chi connectivity index (χ1v) is 31.3. The Morgan fingerprint density at radius 2 is 0.531 bits per heavy atom. The van der Waals surface area contributed by atoms with Crippen LogP contribution in [0.5, 0.6) is 0 Å². The summed E-state index contributed by atoms with van der Waals surface area (Å²) in [6.45, 7) is 2.83. The minimum absolute atomic E-state index is 0.00224. The first kappa shape index (κ1) is 33.7. The van der Waals surface area contributed by atoms with Crippen LogP contribution in [0.25, 0.3) is 291 Å². The predicted molar refractivity (Wildman–Crippen MR) is 340 cm³/mol. The van der Waals surface area contributed by atoms with Crippen molar-refractivity contribution in [2.75, 3.05) is 6.61 Å². The van der Waals surface area contributed by atoms with Crippen molar-refractivity contribution in [2.45, 2.75) is 81.0 Å². The van der Waals surface area contributed by atoms with Gasteiger partial charge in [0.2, 0.25) is 0 Å². The van der Waals surface area contributed by atoms with Crippen LogP contribution in [0.1, 0.15) is 92.5 Å². The molecule has 0 amide bonds. The Morgan fingerprint density at radius 1 is 0.296 bits per heavy atom. The van der Waals surface area contributed by atoms with Crippen LogP contribution in [0.3, 0.4) is 0 Å². The van der Waals surface area contributed by atoms with Crippen LogP contribution >= 0.6 is 0 Å². The van der Waals surface area contributed by atoms with E-state index < -0.39 is 0 Å². The summed E-state index contributed by atoms with van der Waals surface area (Å²) in [5.74, 6) is 0.00224. The molecule has 2 heteroatoms. The van der Waals surface area contributed by atoms with E-state index in [-0.39, 0.29) is 22.2 Å². The molecule has 81 heavy (non-hydrogen) atoms. The molecule has 0 heterocycles. The van der Waals surface area contributed by atoms with Crippen molar-refractivity contribution in [1.82, 2.24) is 0 Å². The number of hydrogen-bond acceptors (Lipinski definition) is 2. The van der Waals surface area contributed by atoms with Crippen LogP contribution in [0.2, 0.25) is 0 Å². The highest BCUT2D eigenvalue weighted by Gasteiger charge is 2.94. The average Bonchev–Trinajstić information content (AvgIpc) is 1.36. The quantitative estimate of drug-likeness (QED) is 0.0693. The second-order valence-electron chi connectivity index (χ2n) is 29.4. The highest BCUT2D eigenvalue weighted by molar-refractivity contribution is 6.82. The predicted octanol–water partition coefficient (Wildman–Crippen LogP) is 21.3. The molecule has 0 radical (unpaired) electrons. The fourth-order valence-corrected chi connectivity index (χ4v) is 28.0. The van der Waals surface area contributed by atoms with Gasteiger partial charge in [-0.15, -0.1) is 0 Å². The van der Waals surface area contributed by atoms with Gasteiger partial charge in [-0.1, -0.05) is 69.4 Å². The van der Waals surface area contributed by atoms with Gasteiger partial charge in [0, 0.05) is 22.7 Å². The van der Waals surface area contributed by atoms with Crippen LogP contribution in [0.4, 0.5) is 0 Å². The van der Waals surface area contributed by atoms with Crippen LogP contribution < -0.4 is 0 Å². The molecule has 34 rings (SSSR count). The minimum atomic E-state index is -0.352. The molecular formula is C79H28O2. The fraction of sp³-hybridized carbons (Fsp3) is 0.177. The van der Waals surface area contributed by atoms with Crippen molar-refractivity contribution < 1.29 is 9.53 Å². The Labute approximate surface area is 449 Å². The van der Waals surface area contributed by atoms with Crippen LogP contribution in [-0.4, -0.2) is 12.6 Å². The molecule has 2 nitrogen and oxygen atoms in total. The lowest BCUT2D eigenvalue weighted by atomic mass is 9.68. The molecule has 0 bridgehead atoms. The Kier molecular flexibility index (Phi) is 3.46. The molecule has 5 aliphatic rings. The van der Waals surface area contributed by atoms with Gasteiger partial charge in [0.15, 0.2) is 0 Å². The maximum Gasteiger partial charge on any atom is 0.305 e. The number of carbonyl (C=O) groups is 1. The number of benzene rings is 19. The van der Waals surface area contributed by atoms with E-state index in [9.17, 15) is 4.79 Å². The van der Waals surface area contributed by atoms with Gasteiger partial charge in [-0.05, 0) is 338 Å². The standard InChI is InChI=1S/C79H28O2/c1-2-3-4-5-6-10-16-81-18(80)14-11-15-77(17-12-8-7-9-13-17)78-73-65-57-47-37-29-21-19-20-23-27-25(21)33-41-35(27)45-39-31(23)32-24(20)28-26-22(19)30(29)38-44-34(26)42-36(28)46-40(32)50-49(39)59-53(45)63-55(41)61(51(57)43(33)37)69(73)71(63)75-67(59)68-60(50)54(46)64-56(42)62-52(44)58(48(38)47)66(65)74(78)70(62)72(64)76(68)79(75,77)78/h7-9,12-13H,2-6,10-11,14-16H2,1H3. The van der Waals surface area contributed by atoms with Gasteiger partial charge in [-0.2, -0.15) is 0 Å². The third-order valence-electron chi connectivity index (χ3n) is 28.5. The zero-order chi connectivity index (χ0) is 49.5. The molecule has 0 atom stereocenters. The van der Waals surface area contributed by atoms with Gasteiger partial charge in [0.1, 0.15) is 0 Å². The Bertz CT molecular complexity index is 7110. The highest BCUT2D eigenvalue weighted by atomic mass is 16.5. The zero-order valence-electron chi connectivity index (χ0n) is 43.3. The minimum Gasteiger partial charge on any atom is -0.466 e. The smallest absolute Gasteiger partial charge is 0.305 e. The monoisotopic (exact) mass is 1010 g/mol. The molecule has 5 aliphatic carbocycles. The molecule has 0 N–H and O–H groups in total. The topological polar surface area (TPSA) is 26.3 Å². The summed E-state index contributed by atoms with van der Waals surface area (Å²) in [5, 5.41) is 88.8. The van der Waals surface area contributed by atoms with Crippen molar-refractivity contribution in [2.24, 2.45) is 0 Å². The number of carbonyl (C=O) groups excluding carboxylic acids is 1. The lowest BCUT2D eigenvalue weighted by molar-refractivity contribution is -0.143. The molecule has 356 valence electrons. The largest absolute Gasteiger partial charge is 0.466 e. The molecular weight excluding hydrogens is 981 g/mol. The molecule has 2 spiro atoms. The highest BCUT2D eigenvalue weighted by Crippen LogP contribution is 2.97. The van der Waals surface area contributed by atoms with Gasteiger partial charge < -0.3 is 4.74 Å². The molecule has 0 saturated heterocycles. The molecule has 1 saturated carbocycles. The fourth-order valence-electron chi connectivity index (χ4n) is 28.0. The third-order valence-corrected chi connectivity index (χ3v) is 28.5. The molecule has 29 aromatic rings. The van der Waals surface area contributed by atoms with E-state index in [1.165, 1.54) is 31.2 Å². The summed E-state index contributed by atoms with van der Waals surface area (Å²) in [6, 6.07) is 12.2. The van der Waals surface area contributed by atoms with E-state index in [4.69, 9.17) is 4.74 Å². The van der Waals surface area contributed by atoms with E-state index >= 15 is 0 Å². The number of hydrogen-bond donors (Lipinski definition) is 0. The van der Waals surface area contributed by atoms with Gasteiger partial charge >= 0.3 is 5.97 Å². The lowest BCUT2D eigenvalue weighted by Gasteiger charge is -2.32. The number of esters is 1. The molecule has 29 aromatic carbocycles. The molecule has 0 aromatic heterocycles. The average molecular weight is 1010 g/mol. The summed E-state index contributed by atoms with van der Waals surface area (Å²) in [6.07, 6.45) is 9.38. The van der Waals surface area contributed by atoms with Crippen molar-refractivity contribution in [3.63, 3.8) is 0 Å². The second kappa shape index (κ2) is 8.32. The first-order chi connectivity index (χ1) is 40.3. The summed E-state index contributed by atoms with van der Waals surface area (Å²) in [7, 11) is 0. The van der Waals surface area contributed by atoms with Crippen LogP contribution in [0.15, 0.2) is 30.3 Å². The van der Waals surface area contributed by atoms with E-state index in [1.807, 2.05) is 0 Å². The van der Waals surface area contributed by atoms with E-state index in [2.05, 4.69) is 37.3 Å². The second-order valence-corrected chi connectivity index (χ2v) is 29.4. The number of unbranched alkanes of at least 4 members (excludes halogenated alkanes) is 5. The number of ether oxygens (including phenoxy) is 1. The lowest BCUT2D eigenvalue weighted by Crippen LogP contribution is -2.27. The SMILES string of the molecule is CCCCCCCCOC(=O)CCCC1(c2ccccc2)C23c4c5c6c7c8c9c(c%10c%11c2c2c4c4c%12c5c5c6c6c8c8c%13c9c9c%10c%10c%11c%11c2c2c4c4c%12c%12c5c5c6c8c6c8c%13c9c9c%10c%10c%11c2c2c4c4c%12c5c6c5c8c9c%10c2c45)C713. The Hall–Kier alpha value is -8.85. The molecule has 0 unspecified atom stereocenters. The summed E-state index contributed by atoms with van der Waals surface area (Å²) < 4.78 is 6.26. The number of rotatable bonds is 12. The van der Waals surface area contributed by atoms with Gasteiger partial charge in [-0.3, -0.25) is 4.79 Å². The summed E-state index contributed by atoms with van der Waals surface area (Å²) >= 11 is 0. The van der Waals surface area contributed by atoms with E-state index in [0.717, 1.165) is 25.7 Å². The van der Waals surface area contributed by atoms with E-state index in [1.54, 1.807) is 313 Å². The normalized spacial score (nSPS) is 22.6. The summed E-state index contributed by atoms with van der Waals surface area (Å²) in [4.78, 5) is 14.4. The third kappa shape index (κ3) is 2.02. The maximum atomic E-state index is 14.4.